The molecule has 1 aliphatic rings. The van der Waals surface area contributed by atoms with Crippen LogP contribution in [-0.2, 0) is 4.79 Å². The van der Waals surface area contributed by atoms with Crippen LogP contribution in [0.5, 0.6) is 0 Å². The van der Waals surface area contributed by atoms with Gasteiger partial charge in [0.25, 0.3) is 0 Å². The topological polar surface area (TPSA) is 20.3 Å². The molecule has 0 spiro atoms. The molecule has 1 aliphatic heterocycles. The zero-order chi connectivity index (χ0) is 15.9. The second kappa shape index (κ2) is 6.32. The lowest BCUT2D eigenvalue weighted by molar-refractivity contribution is -0.115. The van der Waals surface area contributed by atoms with E-state index in [0.717, 1.165) is 16.8 Å². The van der Waals surface area contributed by atoms with Crippen LogP contribution in [0.15, 0.2) is 36.4 Å². The summed E-state index contributed by atoms with van der Waals surface area (Å²) in [4.78, 5) is 14.1. The molecule has 2 nitrogen and oxygen atoms in total. The van der Waals surface area contributed by atoms with Gasteiger partial charge in [-0.2, -0.15) is 0 Å². The number of carbonyl (C=O) groups is 1. The van der Waals surface area contributed by atoms with E-state index >= 15 is 0 Å². The lowest BCUT2D eigenvalue weighted by atomic mass is 10.1. The van der Waals surface area contributed by atoms with Crippen molar-refractivity contribution in [3.05, 3.63) is 62.6 Å². The second-order valence-electron chi connectivity index (χ2n) is 5.03. The lowest BCUT2D eigenvalue weighted by Gasteiger charge is -2.25. The van der Waals surface area contributed by atoms with Gasteiger partial charge in [0.05, 0.1) is 15.8 Å². The van der Waals surface area contributed by atoms with Crippen LogP contribution < -0.4 is 4.90 Å². The average molecular weight is 373 g/mol. The summed E-state index contributed by atoms with van der Waals surface area (Å²) in [6, 6.07) is 11.1. The fraction of sp³-hybridized carbons (Fsp3) is 0.188. The summed E-state index contributed by atoms with van der Waals surface area (Å²) in [6.07, 6.45) is 0. The highest BCUT2D eigenvalue weighted by molar-refractivity contribution is 8.00. The summed E-state index contributed by atoms with van der Waals surface area (Å²) in [5.41, 5.74) is 2.72. The Morgan fingerprint density at radius 3 is 2.50 bits per heavy atom. The van der Waals surface area contributed by atoms with Gasteiger partial charge < -0.3 is 0 Å². The normalized spacial score (nSPS) is 18.1. The van der Waals surface area contributed by atoms with Crippen LogP contribution in [0.4, 0.5) is 5.69 Å². The van der Waals surface area contributed by atoms with Crippen LogP contribution in [0.3, 0.4) is 0 Å². The third-order valence-electron chi connectivity index (χ3n) is 3.53. The Balaban J connectivity index is 2.01. The molecular weight excluding hydrogens is 361 g/mol. The van der Waals surface area contributed by atoms with Gasteiger partial charge in [0.2, 0.25) is 5.91 Å². The molecule has 2 aromatic rings. The summed E-state index contributed by atoms with van der Waals surface area (Å²) in [6.45, 7) is 1.93. The van der Waals surface area contributed by atoms with Crippen molar-refractivity contribution in [1.82, 2.24) is 0 Å². The zero-order valence-corrected chi connectivity index (χ0v) is 14.7. The van der Waals surface area contributed by atoms with E-state index in [9.17, 15) is 4.79 Å². The monoisotopic (exact) mass is 371 g/mol. The minimum Gasteiger partial charge on any atom is -0.295 e. The number of anilines is 1. The minimum atomic E-state index is -0.124. The van der Waals surface area contributed by atoms with E-state index in [0.29, 0.717) is 20.8 Å². The SMILES string of the molecule is Cc1ccc(N2C(=O)CS[C@H]2c2ccc(Cl)c(Cl)c2)cc1Cl. The molecule has 22 heavy (non-hydrogen) atoms. The van der Waals surface area contributed by atoms with Crippen molar-refractivity contribution in [3.8, 4) is 0 Å². The molecule has 0 N–H and O–H groups in total. The number of carbonyl (C=O) groups excluding carboxylic acids is 1. The lowest BCUT2D eigenvalue weighted by Crippen LogP contribution is -2.27. The first-order valence-electron chi connectivity index (χ1n) is 6.62. The summed E-state index contributed by atoms with van der Waals surface area (Å²) < 4.78 is 0. The zero-order valence-electron chi connectivity index (χ0n) is 11.6. The number of aryl methyl sites for hydroxylation is 1. The first-order chi connectivity index (χ1) is 10.5. The number of halogens is 3. The Hall–Kier alpha value is -0.870. The smallest absolute Gasteiger partial charge is 0.238 e. The molecule has 0 radical (unpaired) electrons. The molecule has 1 fully saturated rings. The van der Waals surface area contributed by atoms with E-state index in [-0.39, 0.29) is 11.3 Å². The molecule has 1 atom stereocenters. The maximum atomic E-state index is 12.3. The molecule has 2 aromatic carbocycles. The Labute approximate surface area is 148 Å². The van der Waals surface area contributed by atoms with Crippen LogP contribution in [0.1, 0.15) is 16.5 Å². The van der Waals surface area contributed by atoms with Gasteiger partial charge in [-0.05, 0) is 42.3 Å². The predicted molar refractivity (Wildman–Crippen MR) is 95.3 cm³/mol. The minimum absolute atomic E-state index is 0.0565. The van der Waals surface area contributed by atoms with Crippen molar-refractivity contribution in [2.45, 2.75) is 12.3 Å². The van der Waals surface area contributed by atoms with Crippen molar-refractivity contribution in [3.63, 3.8) is 0 Å². The summed E-state index contributed by atoms with van der Waals surface area (Å²) in [5.74, 6) is 0.483. The number of nitrogens with zero attached hydrogens (tertiary/aromatic N) is 1. The molecule has 0 bridgehead atoms. The average Bonchev–Trinajstić information content (AvgIpc) is 2.87. The van der Waals surface area contributed by atoms with Gasteiger partial charge in [-0.25, -0.2) is 0 Å². The number of thioether (sulfide) groups is 1. The quantitative estimate of drug-likeness (QED) is 0.670. The molecule has 0 aromatic heterocycles. The molecule has 6 heteroatoms. The largest absolute Gasteiger partial charge is 0.295 e. The summed E-state index contributed by atoms with van der Waals surface area (Å²) in [7, 11) is 0. The molecule has 1 saturated heterocycles. The maximum Gasteiger partial charge on any atom is 0.238 e. The van der Waals surface area contributed by atoms with Crippen molar-refractivity contribution >= 4 is 58.2 Å². The third-order valence-corrected chi connectivity index (χ3v) is 5.89. The number of hydrogen-bond acceptors (Lipinski definition) is 2. The van der Waals surface area contributed by atoms with Crippen molar-refractivity contribution < 1.29 is 4.79 Å². The van der Waals surface area contributed by atoms with Gasteiger partial charge in [-0.3, -0.25) is 9.69 Å². The Morgan fingerprint density at radius 1 is 1.05 bits per heavy atom. The number of rotatable bonds is 2. The predicted octanol–water partition coefficient (Wildman–Crippen LogP) is 5.73. The van der Waals surface area contributed by atoms with E-state index in [4.69, 9.17) is 34.8 Å². The van der Waals surface area contributed by atoms with Crippen LogP contribution in [0.25, 0.3) is 0 Å². The summed E-state index contributed by atoms with van der Waals surface area (Å²) in [5, 5.41) is 1.52. The second-order valence-corrected chi connectivity index (χ2v) is 7.32. The van der Waals surface area contributed by atoms with E-state index in [1.54, 1.807) is 22.7 Å². The van der Waals surface area contributed by atoms with E-state index < -0.39 is 0 Å². The molecule has 0 saturated carbocycles. The Bertz CT molecular complexity index is 750. The number of benzene rings is 2. The highest BCUT2D eigenvalue weighted by Crippen LogP contribution is 2.43. The van der Waals surface area contributed by atoms with Crippen LogP contribution in [-0.4, -0.2) is 11.7 Å². The standard InChI is InChI=1S/C16H12Cl3NOS/c1-9-2-4-11(7-13(9)18)20-15(21)8-22-16(20)10-3-5-12(17)14(19)6-10/h2-7,16H,8H2,1H3/t16-/m0/s1. The highest BCUT2D eigenvalue weighted by atomic mass is 35.5. The van der Waals surface area contributed by atoms with Gasteiger partial charge in [0.15, 0.2) is 0 Å². The van der Waals surface area contributed by atoms with Crippen LogP contribution in [0, 0.1) is 6.92 Å². The number of amides is 1. The first kappa shape index (κ1) is 16.0. The van der Waals surface area contributed by atoms with E-state index in [1.807, 2.05) is 37.3 Å². The number of hydrogen-bond donors (Lipinski definition) is 0. The fourth-order valence-electron chi connectivity index (χ4n) is 2.35. The van der Waals surface area contributed by atoms with Gasteiger partial charge in [0.1, 0.15) is 5.37 Å². The Kier molecular flexibility index (Phi) is 4.60. The molecule has 1 amide bonds. The summed E-state index contributed by atoms with van der Waals surface area (Å²) >= 11 is 19.8. The van der Waals surface area contributed by atoms with Gasteiger partial charge in [0, 0.05) is 10.7 Å². The molecule has 1 heterocycles. The fourth-order valence-corrected chi connectivity index (χ4v) is 4.00. The first-order valence-corrected chi connectivity index (χ1v) is 8.80. The highest BCUT2D eigenvalue weighted by Gasteiger charge is 2.34. The van der Waals surface area contributed by atoms with Gasteiger partial charge in [-0.1, -0.05) is 46.9 Å². The van der Waals surface area contributed by atoms with Crippen molar-refractivity contribution in [1.29, 1.82) is 0 Å². The third kappa shape index (κ3) is 2.95. The van der Waals surface area contributed by atoms with Gasteiger partial charge in [-0.15, -0.1) is 11.8 Å². The van der Waals surface area contributed by atoms with E-state index in [2.05, 4.69) is 0 Å². The molecule has 114 valence electrons. The molecule has 0 unspecified atom stereocenters. The maximum absolute atomic E-state index is 12.3. The molecular formula is C16H12Cl3NOS. The Morgan fingerprint density at radius 2 is 1.82 bits per heavy atom. The van der Waals surface area contributed by atoms with Crippen molar-refractivity contribution in [2.75, 3.05) is 10.7 Å². The van der Waals surface area contributed by atoms with Gasteiger partial charge >= 0.3 is 0 Å². The van der Waals surface area contributed by atoms with Crippen molar-refractivity contribution in [2.24, 2.45) is 0 Å². The molecule has 3 rings (SSSR count). The van der Waals surface area contributed by atoms with Crippen LogP contribution >= 0.6 is 46.6 Å². The van der Waals surface area contributed by atoms with E-state index in [1.165, 1.54) is 0 Å². The molecule has 0 aliphatic carbocycles. The van der Waals surface area contributed by atoms with Crippen LogP contribution in [0.2, 0.25) is 15.1 Å².